The molecule has 0 aliphatic carbocycles. The maximum Gasteiger partial charge on any atom is 0.330 e. The topological polar surface area (TPSA) is 168 Å². The van der Waals surface area contributed by atoms with Gasteiger partial charge in [-0.1, -0.05) is 94.4 Å². The molecular weight excluding hydrogens is 801 g/mol. The van der Waals surface area contributed by atoms with E-state index in [0.717, 1.165) is 16.3 Å². The molecule has 0 bridgehead atoms. The zero-order valence-corrected chi connectivity index (χ0v) is 35.9. The number of aromatic nitrogens is 2. The number of nitrogens with zero attached hydrogens (tertiary/aromatic N) is 4. The second-order valence-corrected chi connectivity index (χ2v) is 15.2. The van der Waals surface area contributed by atoms with Crippen LogP contribution in [0.25, 0.3) is 0 Å². The third kappa shape index (κ3) is 13.9. The summed E-state index contributed by atoms with van der Waals surface area (Å²) >= 11 is 1.65. The van der Waals surface area contributed by atoms with Crippen molar-refractivity contribution in [1.29, 1.82) is 10.5 Å². The Hall–Kier alpha value is -7.35. The van der Waals surface area contributed by atoms with E-state index in [1.54, 1.807) is 72.4 Å². The van der Waals surface area contributed by atoms with Crippen LogP contribution in [0.4, 0.5) is 11.4 Å². The number of benzene rings is 4. The van der Waals surface area contributed by atoms with Crippen molar-refractivity contribution in [2.75, 3.05) is 16.9 Å². The van der Waals surface area contributed by atoms with Crippen LogP contribution in [0, 0.1) is 34.5 Å². The van der Waals surface area contributed by atoms with E-state index < -0.39 is 36.2 Å². The van der Waals surface area contributed by atoms with Gasteiger partial charge < -0.3 is 29.6 Å². The maximum atomic E-state index is 12.9. The highest BCUT2D eigenvalue weighted by atomic mass is 32.2. The predicted octanol–water partition coefficient (Wildman–Crippen LogP) is 11.0. The lowest BCUT2D eigenvalue weighted by molar-refractivity contribution is -0.149. The molecule has 0 amide bonds. The minimum atomic E-state index is -1.15. The lowest BCUT2D eigenvalue weighted by atomic mass is 10.0. The molecular formula is C49H48N6O6S. The largest absolute Gasteiger partial charge is 0.439 e. The average molecular weight is 849 g/mol. The van der Waals surface area contributed by atoms with E-state index in [0.29, 0.717) is 34.6 Å². The molecule has 6 aromatic rings. The van der Waals surface area contributed by atoms with Gasteiger partial charge in [-0.25, -0.2) is 19.6 Å². The van der Waals surface area contributed by atoms with Gasteiger partial charge in [0.05, 0.1) is 11.4 Å². The quantitative estimate of drug-likeness (QED) is 0.0657. The fraction of sp³-hybridized carbons (Fsp3) is 0.224. The predicted molar refractivity (Wildman–Crippen MR) is 240 cm³/mol. The van der Waals surface area contributed by atoms with E-state index in [1.807, 2.05) is 137 Å². The third-order valence-electron chi connectivity index (χ3n) is 9.01. The van der Waals surface area contributed by atoms with Gasteiger partial charge in [0.2, 0.25) is 24.0 Å². The van der Waals surface area contributed by atoms with E-state index in [2.05, 4.69) is 20.6 Å². The number of carbonyl (C=O) groups excluding carboxylic acids is 2. The van der Waals surface area contributed by atoms with Gasteiger partial charge >= 0.3 is 11.9 Å². The van der Waals surface area contributed by atoms with Crippen molar-refractivity contribution in [3.8, 4) is 35.4 Å². The van der Waals surface area contributed by atoms with Crippen LogP contribution in [0.3, 0.4) is 0 Å². The van der Waals surface area contributed by atoms with E-state index in [1.165, 1.54) is 0 Å². The molecule has 0 fully saturated rings. The van der Waals surface area contributed by atoms with Crippen LogP contribution in [0.1, 0.15) is 51.3 Å². The van der Waals surface area contributed by atoms with Gasteiger partial charge in [0, 0.05) is 28.4 Å². The van der Waals surface area contributed by atoms with Crippen molar-refractivity contribution in [2.24, 2.45) is 11.8 Å². The van der Waals surface area contributed by atoms with Crippen molar-refractivity contribution in [2.45, 2.75) is 56.9 Å². The highest BCUT2D eigenvalue weighted by molar-refractivity contribution is 7.98. The summed E-state index contributed by atoms with van der Waals surface area (Å²) in [6, 6.07) is 48.5. The van der Waals surface area contributed by atoms with E-state index in [4.69, 9.17) is 18.9 Å². The Morgan fingerprint density at radius 1 is 0.532 bits per heavy atom. The lowest BCUT2D eigenvalue weighted by Crippen LogP contribution is -2.36. The van der Waals surface area contributed by atoms with Crippen molar-refractivity contribution in [3.63, 3.8) is 0 Å². The van der Waals surface area contributed by atoms with Gasteiger partial charge in [-0.05, 0) is 90.9 Å². The number of hydrogen-bond donors (Lipinski definition) is 2. The smallest absolute Gasteiger partial charge is 0.330 e. The van der Waals surface area contributed by atoms with E-state index in [-0.39, 0.29) is 11.8 Å². The molecule has 62 heavy (non-hydrogen) atoms. The first-order chi connectivity index (χ1) is 30.1. The third-order valence-corrected chi connectivity index (χ3v) is 9.75. The summed E-state index contributed by atoms with van der Waals surface area (Å²) in [6.45, 7) is 7.66. The van der Waals surface area contributed by atoms with Gasteiger partial charge in [0.25, 0.3) is 0 Å². The van der Waals surface area contributed by atoms with Gasteiger partial charge in [-0.15, -0.1) is 11.8 Å². The second-order valence-electron chi connectivity index (χ2n) is 14.4. The number of carbonyl (C=O) groups is 2. The Morgan fingerprint density at radius 2 is 0.919 bits per heavy atom. The van der Waals surface area contributed by atoms with Crippen molar-refractivity contribution >= 4 is 35.1 Å². The van der Waals surface area contributed by atoms with Crippen LogP contribution in [0.2, 0.25) is 0 Å². The summed E-state index contributed by atoms with van der Waals surface area (Å²) in [5.41, 5.74) is 2.23. The summed E-state index contributed by atoms with van der Waals surface area (Å²) in [5, 5.41) is 25.6. The SMILES string of the molecule is CC(C)C(Nc1ccccc1)C(=O)OC(C#N)c1cccc(Oc2ccccc2)n1.CSc1ccc(NC(C(=O)OC(C#N)c2cccc(Oc3ccccc3)n2)C(C)C)cc1. The number of anilines is 2. The molecule has 0 aliphatic heterocycles. The molecule has 2 heterocycles. The van der Waals surface area contributed by atoms with Crippen LogP contribution < -0.4 is 20.1 Å². The molecule has 4 atom stereocenters. The Bertz CT molecular complexity index is 2410. The van der Waals surface area contributed by atoms with Crippen LogP contribution in [0.15, 0.2) is 157 Å². The molecule has 0 spiro atoms. The van der Waals surface area contributed by atoms with E-state index in [9.17, 15) is 20.1 Å². The Balaban J connectivity index is 0.000000235. The van der Waals surface area contributed by atoms with Crippen molar-refractivity contribution in [1.82, 2.24) is 9.97 Å². The number of para-hydroxylation sites is 3. The molecule has 0 radical (unpaired) electrons. The Labute approximate surface area is 366 Å². The van der Waals surface area contributed by atoms with Gasteiger partial charge in [0.15, 0.2) is 0 Å². The summed E-state index contributed by atoms with van der Waals surface area (Å²) in [5.74, 6) is 0.753. The van der Waals surface area contributed by atoms with Crippen molar-refractivity contribution < 1.29 is 28.5 Å². The first-order valence-corrected chi connectivity index (χ1v) is 21.1. The molecule has 0 aliphatic rings. The second kappa shape index (κ2) is 23.4. The lowest BCUT2D eigenvalue weighted by Gasteiger charge is -2.23. The number of hydrogen-bond acceptors (Lipinski definition) is 13. The number of ether oxygens (including phenoxy) is 4. The molecule has 0 saturated heterocycles. The minimum Gasteiger partial charge on any atom is -0.439 e. The Morgan fingerprint density at radius 3 is 1.29 bits per heavy atom. The van der Waals surface area contributed by atoms with E-state index >= 15 is 0 Å². The average Bonchev–Trinajstić information content (AvgIpc) is 3.29. The normalized spacial score (nSPS) is 12.5. The summed E-state index contributed by atoms with van der Waals surface area (Å²) in [6.07, 6.45) is -0.286. The molecule has 6 rings (SSSR count). The fourth-order valence-corrected chi connectivity index (χ4v) is 6.16. The first kappa shape index (κ1) is 45.7. The molecule has 13 heteroatoms. The Kier molecular flexibility index (Phi) is 17.3. The number of rotatable bonds is 17. The van der Waals surface area contributed by atoms with Crippen LogP contribution in [-0.2, 0) is 19.1 Å². The number of nitrogens with one attached hydrogen (secondary N) is 2. The standard InChI is InChI=1S/C25H25N3O3S.C24H23N3O3/c1-17(2)24(27-18-12-14-20(32-3)15-13-18)25(29)31-22(16-26)21-10-7-11-23(28-21)30-19-8-5-4-6-9-19;1-17(2)23(26-18-10-5-3-6-11-18)24(28)30-21(16-25)20-14-9-15-22(27-20)29-19-12-7-4-8-13-19/h4-15,17,22,24,27H,1-3H3;3-15,17,21,23,26H,1-2H3. The minimum absolute atomic E-state index is 0.0437. The maximum absolute atomic E-state index is 12.9. The molecule has 2 N–H and O–H groups in total. The van der Waals surface area contributed by atoms with Crippen LogP contribution in [-0.4, -0.2) is 40.2 Å². The number of esters is 2. The highest BCUT2D eigenvalue weighted by Crippen LogP contribution is 2.26. The molecule has 4 aromatic carbocycles. The molecule has 0 saturated carbocycles. The molecule has 2 aromatic heterocycles. The molecule has 12 nitrogen and oxygen atoms in total. The zero-order chi connectivity index (χ0) is 44.3. The fourth-order valence-electron chi connectivity index (χ4n) is 5.75. The van der Waals surface area contributed by atoms with Gasteiger partial charge in [-0.3, -0.25) is 0 Å². The number of thioether (sulfide) groups is 1. The first-order valence-electron chi connectivity index (χ1n) is 19.9. The van der Waals surface area contributed by atoms with Gasteiger partial charge in [0.1, 0.15) is 35.7 Å². The molecule has 316 valence electrons. The van der Waals surface area contributed by atoms with Crippen molar-refractivity contribution in [3.05, 3.63) is 163 Å². The zero-order valence-electron chi connectivity index (χ0n) is 35.0. The molecule has 4 unspecified atom stereocenters. The van der Waals surface area contributed by atoms with Crippen LogP contribution >= 0.6 is 11.8 Å². The number of nitriles is 2. The monoisotopic (exact) mass is 848 g/mol. The highest BCUT2D eigenvalue weighted by Gasteiger charge is 2.29. The summed E-state index contributed by atoms with van der Waals surface area (Å²) in [4.78, 5) is 35.6. The number of pyridine rings is 2. The summed E-state index contributed by atoms with van der Waals surface area (Å²) in [7, 11) is 0. The van der Waals surface area contributed by atoms with Gasteiger partial charge in [-0.2, -0.15) is 10.5 Å². The summed E-state index contributed by atoms with van der Waals surface area (Å²) < 4.78 is 22.5. The van der Waals surface area contributed by atoms with Crippen LogP contribution in [0.5, 0.6) is 23.3 Å².